The average Bonchev–Trinajstić information content (AvgIpc) is 3.79. The molecule has 0 saturated heterocycles. The molecule has 0 unspecified atom stereocenters. The fraction of sp³-hybridized carbons (Fsp3) is 0.0189. The van der Waals surface area contributed by atoms with Gasteiger partial charge in [-0.05, 0) is 118 Å². The summed E-state index contributed by atoms with van der Waals surface area (Å²) < 4.78 is 4.78. The monoisotopic (exact) mass is 732 g/mol. The van der Waals surface area contributed by atoms with E-state index in [1.807, 2.05) is 24.3 Å². The van der Waals surface area contributed by atoms with E-state index in [4.69, 9.17) is 0 Å². The summed E-state index contributed by atoms with van der Waals surface area (Å²) in [6.45, 7) is 2.28. The lowest BCUT2D eigenvalue weighted by Gasteiger charge is -2.35. The third-order valence-corrected chi connectivity index (χ3v) is 13.0. The first-order chi connectivity index (χ1) is 28.6. The minimum Gasteiger partial charge on any atom is -0.309 e. The fourth-order valence-corrected chi connectivity index (χ4v) is 10.8. The van der Waals surface area contributed by atoms with E-state index in [-0.39, 0.29) is 6.71 Å². The predicted octanol–water partition coefficient (Wildman–Crippen LogP) is 10.7. The summed E-state index contributed by atoms with van der Waals surface area (Å²) >= 11 is 0. The highest BCUT2D eigenvalue weighted by atomic mass is 15.0. The van der Waals surface area contributed by atoms with E-state index in [1.165, 1.54) is 98.3 Å². The van der Waals surface area contributed by atoms with Gasteiger partial charge in [-0.15, -0.1) is 0 Å². The third kappa shape index (κ3) is 3.88. The number of para-hydroxylation sites is 2. The first-order valence-corrected chi connectivity index (χ1v) is 19.7. The Morgan fingerprint density at radius 2 is 0.862 bits per heavy atom. The second kappa shape index (κ2) is 11.1. The van der Waals surface area contributed by atoms with Crippen molar-refractivity contribution in [3.8, 4) is 45.8 Å². The lowest BCUT2D eigenvalue weighted by atomic mass is 9.31. The zero-order valence-corrected chi connectivity index (χ0v) is 31.4. The van der Waals surface area contributed by atoms with Gasteiger partial charge in [-0.25, -0.2) is 0 Å². The molecule has 4 nitrogen and oxygen atoms in total. The summed E-state index contributed by atoms with van der Waals surface area (Å²) in [6, 6.07) is 61.6. The Morgan fingerprint density at radius 1 is 0.431 bits per heavy atom. The van der Waals surface area contributed by atoms with E-state index < -0.39 is 0 Å². The molecule has 0 atom stereocenters. The van der Waals surface area contributed by atoms with Crippen molar-refractivity contribution in [2.24, 2.45) is 0 Å². The molecule has 58 heavy (non-hydrogen) atoms. The Bertz CT molecular complexity index is 3510. The highest BCUT2D eigenvalue weighted by molar-refractivity contribution is 7.01. The summed E-state index contributed by atoms with van der Waals surface area (Å²) in [4.78, 5) is 0. The number of rotatable bonds is 2. The minimum absolute atomic E-state index is 0.0355. The van der Waals surface area contributed by atoms with Gasteiger partial charge in [0.25, 0.3) is 0 Å². The molecule has 0 fully saturated rings. The predicted molar refractivity (Wildman–Crippen MR) is 240 cm³/mol. The molecule has 0 saturated carbocycles. The molecule has 2 aromatic heterocycles. The van der Waals surface area contributed by atoms with Crippen LogP contribution in [-0.2, 0) is 0 Å². The number of fused-ring (bicyclic) bond motifs is 12. The maximum Gasteiger partial charge on any atom is 0.244 e. The third-order valence-electron chi connectivity index (χ3n) is 13.0. The molecular formula is C53H29BN4. The van der Waals surface area contributed by atoms with E-state index in [1.54, 1.807) is 0 Å². The molecule has 0 aliphatic carbocycles. The smallest absolute Gasteiger partial charge is 0.244 e. The van der Waals surface area contributed by atoms with Crippen LogP contribution < -0.4 is 16.4 Å². The SMILES string of the molecule is Cc1cc2c3c(c1)-c1cc4c5ccccc5n(-c5ccc(C#N)cc5)c4c4cccc(c14)B3c1cccc3c1c-2cc1c2ccccc2n(-c2ccc(C#N)cc2)c31. The van der Waals surface area contributed by atoms with Crippen LogP contribution in [0.4, 0.5) is 0 Å². The first-order valence-electron chi connectivity index (χ1n) is 19.7. The van der Waals surface area contributed by atoms with Gasteiger partial charge in [0.1, 0.15) is 0 Å². The van der Waals surface area contributed by atoms with Crippen molar-refractivity contribution in [1.82, 2.24) is 9.13 Å². The molecule has 2 aliphatic heterocycles. The largest absolute Gasteiger partial charge is 0.309 e. The minimum atomic E-state index is 0.0355. The number of aryl methyl sites for hydroxylation is 1. The van der Waals surface area contributed by atoms with Crippen LogP contribution in [0.25, 0.3) is 98.8 Å². The molecule has 13 rings (SSSR count). The van der Waals surface area contributed by atoms with Crippen molar-refractivity contribution in [2.75, 3.05) is 0 Å². The van der Waals surface area contributed by atoms with Crippen LogP contribution in [0.15, 0.2) is 158 Å². The highest BCUT2D eigenvalue weighted by Gasteiger charge is 2.40. The molecule has 0 radical (unpaired) electrons. The van der Waals surface area contributed by atoms with Crippen molar-refractivity contribution in [1.29, 1.82) is 10.5 Å². The van der Waals surface area contributed by atoms with Crippen LogP contribution in [0.2, 0.25) is 0 Å². The molecule has 5 heteroatoms. The van der Waals surface area contributed by atoms with Crippen LogP contribution in [0.5, 0.6) is 0 Å². The summed E-state index contributed by atoms with van der Waals surface area (Å²) in [7, 11) is 0. The van der Waals surface area contributed by atoms with Gasteiger partial charge in [0.2, 0.25) is 6.71 Å². The van der Waals surface area contributed by atoms with E-state index >= 15 is 0 Å². The van der Waals surface area contributed by atoms with E-state index in [9.17, 15) is 10.5 Å². The van der Waals surface area contributed by atoms with Crippen LogP contribution in [0, 0.1) is 29.6 Å². The second-order valence-electron chi connectivity index (χ2n) is 15.9. The summed E-state index contributed by atoms with van der Waals surface area (Å²) in [6.07, 6.45) is 0. The van der Waals surface area contributed by atoms with Crippen LogP contribution in [-0.4, -0.2) is 15.8 Å². The fourth-order valence-electron chi connectivity index (χ4n) is 10.8. The average molecular weight is 733 g/mol. The molecule has 0 spiro atoms. The van der Waals surface area contributed by atoms with E-state index in [2.05, 4.69) is 162 Å². The van der Waals surface area contributed by atoms with Gasteiger partial charge >= 0.3 is 0 Å². The van der Waals surface area contributed by atoms with Gasteiger partial charge in [-0.2, -0.15) is 10.5 Å². The van der Waals surface area contributed by atoms with Crippen molar-refractivity contribution in [3.05, 3.63) is 174 Å². The Hall–Kier alpha value is -7.86. The van der Waals surface area contributed by atoms with Crippen LogP contribution in [0.1, 0.15) is 16.7 Å². The maximum atomic E-state index is 9.63. The molecule has 4 heterocycles. The van der Waals surface area contributed by atoms with Gasteiger partial charge in [0, 0.05) is 43.7 Å². The van der Waals surface area contributed by atoms with Gasteiger partial charge in [0.15, 0.2) is 0 Å². The molecule has 11 aromatic rings. The zero-order valence-electron chi connectivity index (χ0n) is 31.4. The van der Waals surface area contributed by atoms with Crippen LogP contribution in [0.3, 0.4) is 0 Å². The maximum absolute atomic E-state index is 9.63. The number of nitriles is 2. The molecule has 0 bridgehead atoms. The molecule has 2 aliphatic rings. The number of hydrogen-bond acceptors (Lipinski definition) is 2. The molecule has 9 aromatic carbocycles. The van der Waals surface area contributed by atoms with E-state index in [0.29, 0.717) is 11.1 Å². The summed E-state index contributed by atoms with van der Waals surface area (Å²) in [5.74, 6) is 0. The first kappa shape index (κ1) is 31.4. The van der Waals surface area contributed by atoms with Crippen molar-refractivity contribution < 1.29 is 0 Å². The highest BCUT2D eigenvalue weighted by Crippen LogP contribution is 2.47. The lowest BCUT2D eigenvalue weighted by molar-refractivity contribution is 1.18. The Kier molecular flexibility index (Phi) is 6.02. The number of benzene rings is 9. The quantitative estimate of drug-likeness (QED) is 0.166. The molecule has 264 valence electrons. The topological polar surface area (TPSA) is 57.4 Å². The summed E-state index contributed by atoms with van der Waals surface area (Å²) in [5.41, 5.74) is 18.5. The van der Waals surface area contributed by atoms with Gasteiger partial charge in [-0.1, -0.05) is 101 Å². The standard InChI is InChI=1S/C53H29BN4/c1-30-24-41-39-26-43-35-8-2-4-14-47(35)57(33-20-16-31(28-55)17-21-33)52(43)37-10-6-12-45(49(37)39)54-46-13-7-11-38-50(46)40(42(25-30)51(41)54)27-44-36-9-3-5-15-48(36)58(53(38)44)34-22-18-32(29-56)19-23-34/h2-27H,1H3. The number of nitrogens with zero attached hydrogens (tertiary/aromatic N) is 4. The molecular weight excluding hydrogens is 703 g/mol. The Labute approximate surface area is 333 Å². The van der Waals surface area contributed by atoms with E-state index in [0.717, 1.165) is 22.4 Å². The van der Waals surface area contributed by atoms with Gasteiger partial charge in [0.05, 0.1) is 45.3 Å². The van der Waals surface area contributed by atoms with Crippen molar-refractivity contribution >= 4 is 88.3 Å². The van der Waals surface area contributed by atoms with Gasteiger partial charge in [-0.3, -0.25) is 0 Å². The van der Waals surface area contributed by atoms with Crippen molar-refractivity contribution in [2.45, 2.75) is 6.92 Å². The zero-order chi connectivity index (χ0) is 38.4. The van der Waals surface area contributed by atoms with Crippen LogP contribution >= 0.6 is 0 Å². The molecule has 0 N–H and O–H groups in total. The van der Waals surface area contributed by atoms with Gasteiger partial charge < -0.3 is 9.13 Å². The lowest BCUT2D eigenvalue weighted by Crippen LogP contribution is -2.57. The summed E-state index contributed by atoms with van der Waals surface area (Å²) in [5, 5.41) is 29.2. The Balaban J connectivity index is 1.18. The molecule has 0 amide bonds. The number of aromatic nitrogens is 2. The Morgan fingerprint density at radius 3 is 1.31 bits per heavy atom. The normalized spacial score (nSPS) is 12.5. The van der Waals surface area contributed by atoms with Crippen molar-refractivity contribution in [3.63, 3.8) is 0 Å². The second-order valence-corrected chi connectivity index (χ2v) is 15.9. The number of hydrogen-bond donors (Lipinski definition) is 0.